The molecule has 3 aromatic rings. The molecule has 2 N–H and O–H groups in total. The molecular weight excluding hydrogens is 304 g/mol. The average molecular weight is 322 g/mol. The molecule has 0 saturated heterocycles. The molecule has 0 radical (unpaired) electrons. The normalized spacial score (nSPS) is 11.9. The van der Waals surface area contributed by atoms with E-state index in [1.54, 1.807) is 29.2 Å². The number of amides is 1. The molecule has 0 saturated carbocycles. The Hall–Kier alpha value is -2.99. The first kappa shape index (κ1) is 15.9. The van der Waals surface area contributed by atoms with E-state index in [0.717, 1.165) is 11.3 Å². The van der Waals surface area contributed by atoms with Crippen LogP contribution in [0.25, 0.3) is 5.69 Å². The van der Waals surface area contributed by atoms with Gasteiger partial charge in [-0.3, -0.25) is 4.79 Å². The molecule has 1 aromatic heterocycles. The Morgan fingerprint density at radius 1 is 1.12 bits per heavy atom. The van der Waals surface area contributed by atoms with Gasteiger partial charge in [-0.15, -0.1) is 5.10 Å². The fourth-order valence-corrected chi connectivity index (χ4v) is 2.38. The van der Waals surface area contributed by atoms with Crippen molar-refractivity contribution in [1.82, 2.24) is 20.3 Å². The van der Waals surface area contributed by atoms with E-state index >= 15 is 0 Å². The third-order valence-electron chi connectivity index (χ3n) is 3.70. The molecule has 0 spiro atoms. The summed E-state index contributed by atoms with van der Waals surface area (Å²) < 4.78 is 1.62. The second kappa shape index (κ2) is 7.52. The third kappa shape index (κ3) is 3.85. The molecule has 1 atom stereocenters. The zero-order valence-corrected chi connectivity index (χ0v) is 13.0. The Balaban J connectivity index is 1.52. The number of aliphatic hydroxyl groups excluding tert-OH is 1. The number of benzene rings is 2. The van der Waals surface area contributed by atoms with Crippen molar-refractivity contribution in [2.75, 3.05) is 6.54 Å². The number of carbonyl (C=O) groups is 1. The van der Waals surface area contributed by atoms with Crippen LogP contribution in [0.15, 0.2) is 67.0 Å². The van der Waals surface area contributed by atoms with Crippen molar-refractivity contribution in [1.29, 1.82) is 0 Å². The fourth-order valence-electron chi connectivity index (χ4n) is 2.38. The molecule has 0 aliphatic carbocycles. The van der Waals surface area contributed by atoms with Crippen LogP contribution in [0.2, 0.25) is 0 Å². The number of nitrogens with zero attached hydrogens (tertiary/aromatic N) is 3. The first-order valence-corrected chi connectivity index (χ1v) is 7.72. The minimum absolute atomic E-state index is 0.166. The van der Waals surface area contributed by atoms with Gasteiger partial charge in [0.2, 0.25) is 0 Å². The van der Waals surface area contributed by atoms with E-state index < -0.39 is 6.10 Å². The van der Waals surface area contributed by atoms with E-state index in [4.69, 9.17) is 0 Å². The highest BCUT2D eigenvalue weighted by atomic mass is 16.3. The largest absolute Gasteiger partial charge is 0.388 e. The van der Waals surface area contributed by atoms with Crippen LogP contribution in [-0.4, -0.2) is 32.6 Å². The van der Waals surface area contributed by atoms with Gasteiger partial charge in [0.15, 0.2) is 0 Å². The summed E-state index contributed by atoms with van der Waals surface area (Å²) in [6.45, 7) is 0.403. The van der Waals surface area contributed by atoms with Crippen LogP contribution < -0.4 is 5.32 Å². The molecule has 1 amide bonds. The maximum absolute atomic E-state index is 12.1. The predicted molar refractivity (Wildman–Crippen MR) is 89.7 cm³/mol. The van der Waals surface area contributed by atoms with E-state index in [2.05, 4.69) is 15.6 Å². The van der Waals surface area contributed by atoms with Crippen LogP contribution in [0.3, 0.4) is 0 Å². The average Bonchev–Trinajstić information content (AvgIpc) is 3.17. The number of carbonyl (C=O) groups excluding carboxylic acids is 1. The maximum atomic E-state index is 12.1. The van der Waals surface area contributed by atoms with E-state index in [-0.39, 0.29) is 5.91 Å². The molecule has 0 bridgehead atoms. The quantitative estimate of drug-likeness (QED) is 0.728. The lowest BCUT2D eigenvalue weighted by Gasteiger charge is -2.11. The lowest BCUT2D eigenvalue weighted by molar-refractivity contribution is 0.0942. The van der Waals surface area contributed by atoms with E-state index in [0.29, 0.717) is 18.5 Å². The number of aromatic nitrogens is 3. The van der Waals surface area contributed by atoms with Gasteiger partial charge in [-0.2, -0.15) is 0 Å². The maximum Gasteiger partial charge on any atom is 0.251 e. The summed E-state index contributed by atoms with van der Waals surface area (Å²) in [7, 11) is 0. The fraction of sp³-hybridized carbons (Fsp3) is 0.167. The molecule has 3 rings (SSSR count). The van der Waals surface area contributed by atoms with Crippen LogP contribution in [0.1, 0.15) is 28.4 Å². The van der Waals surface area contributed by atoms with Crippen LogP contribution in [0.5, 0.6) is 0 Å². The summed E-state index contributed by atoms with van der Waals surface area (Å²) in [5, 5.41) is 20.5. The van der Waals surface area contributed by atoms with Gasteiger partial charge in [0.25, 0.3) is 5.91 Å². The predicted octanol–water partition coefficient (Wildman–Crippen LogP) is 2.12. The molecule has 24 heavy (non-hydrogen) atoms. The summed E-state index contributed by atoms with van der Waals surface area (Å²) in [6.07, 6.45) is 3.21. The van der Waals surface area contributed by atoms with Gasteiger partial charge in [-0.05, 0) is 36.2 Å². The van der Waals surface area contributed by atoms with Gasteiger partial charge in [-0.25, -0.2) is 4.68 Å². The van der Waals surface area contributed by atoms with Gasteiger partial charge >= 0.3 is 0 Å². The molecule has 6 heteroatoms. The van der Waals surface area contributed by atoms with Gasteiger partial charge in [0.1, 0.15) is 0 Å². The number of hydrogen-bond donors (Lipinski definition) is 2. The lowest BCUT2D eigenvalue weighted by atomic mass is 10.1. The van der Waals surface area contributed by atoms with Crippen molar-refractivity contribution < 1.29 is 9.90 Å². The summed E-state index contributed by atoms with van der Waals surface area (Å²) in [6, 6.07) is 16.5. The Morgan fingerprint density at radius 3 is 2.54 bits per heavy atom. The standard InChI is InChI=1S/C18H18N4O2/c23-17(14-4-2-1-3-5-14)10-11-19-18(24)15-6-8-16(9-7-15)22-13-12-20-21-22/h1-9,12-13,17,23H,10-11H2,(H,19,24)/t17-/m0/s1. The molecule has 2 aromatic carbocycles. The zero-order valence-electron chi connectivity index (χ0n) is 13.0. The SMILES string of the molecule is O=C(NCC[C@H](O)c1ccccc1)c1ccc(-n2ccnn2)cc1. The molecule has 0 fully saturated rings. The minimum Gasteiger partial charge on any atom is -0.388 e. The lowest BCUT2D eigenvalue weighted by Crippen LogP contribution is -2.25. The highest BCUT2D eigenvalue weighted by molar-refractivity contribution is 5.94. The van der Waals surface area contributed by atoms with Gasteiger partial charge in [0.05, 0.1) is 24.2 Å². The Bertz CT molecular complexity index is 771. The Labute approximate surface area is 139 Å². The number of hydrogen-bond acceptors (Lipinski definition) is 4. The Morgan fingerprint density at radius 2 is 1.88 bits per heavy atom. The molecular formula is C18H18N4O2. The van der Waals surface area contributed by atoms with E-state index in [9.17, 15) is 9.90 Å². The summed E-state index contributed by atoms with van der Waals surface area (Å²) in [5.41, 5.74) is 2.25. The number of nitrogens with one attached hydrogen (secondary N) is 1. The molecule has 0 aliphatic rings. The minimum atomic E-state index is -0.582. The van der Waals surface area contributed by atoms with E-state index in [1.165, 1.54) is 0 Å². The third-order valence-corrected chi connectivity index (χ3v) is 3.70. The zero-order chi connectivity index (χ0) is 16.8. The van der Waals surface area contributed by atoms with Crippen LogP contribution >= 0.6 is 0 Å². The van der Waals surface area contributed by atoms with Crippen molar-refractivity contribution in [2.24, 2.45) is 0 Å². The first-order valence-electron chi connectivity index (χ1n) is 7.72. The van der Waals surface area contributed by atoms with Crippen molar-refractivity contribution in [2.45, 2.75) is 12.5 Å². The summed E-state index contributed by atoms with van der Waals surface area (Å²) in [5.74, 6) is -0.166. The molecule has 122 valence electrons. The number of aliphatic hydroxyl groups is 1. The van der Waals surface area contributed by atoms with Crippen molar-refractivity contribution in [3.05, 3.63) is 78.1 Å². The second-order valence-electron chi connectivity index (χ2n) is 5.37. The Kier molecular flexibility index (Phi) is 4.98. The van der Waals surface area contributed by atoms with Crippen LogP contribution in [0.4, 0.5) is 0 Å². The molecule has 0 aliphatic heterocycles. The highest BCUT2D eigenvalue weighted by Gasteiger charge is 2.09. The molecule has 0 unspecified atom stereocenters. The highest BCUT2D eigenvalue weighted by Crippen LogP contribution is 2.15. The van der Waals surface area contributed by atoms with Crippen LogP contribution in [0, 0.1) is 0 Å². The molecule has 1 heterocycles. The summed E-state index contributed by atoms with van der Waals surface area (Å²) in [4.78, 5) is 12.1. The van der Waals surface area contributed by atoms with Crippen molar-refractivity contribution in [3.63, 3.8) is 0 Å². The first-order chi connectivity index (χ1) is 11.7. The second-order valence-corrected chi connectivity index (χ2v) is 5.37. The van der Waals surface area contributed by atoms with Gasteiger partial charge < -0.3 is 10.4 Å². The van der Waals surface area contributed by atoms with Crippen LogP contribution in [-0.2, 0) is 0 Å². The van der Waals surface area contributed by atoms with Gasteiger partial charge in [-0.1, -0.05) is 35.5 Å². The van der Waals surface area contributed by atoms with Gasteiger partial charge in [0, 0.05) is 12.1 Å². The smallest absolute Gasteiger partial charge is 0.251 e. The summed E-state index contributed by atoms with van der Waals surface area (Å²) >= 11 is 0. The van der Waals surface area contributed by atoms with Crippen molar-refractivity contribution in [3.8, 4) is 5.69 Å². The van der Waals surface area contributed by atoms with Crippen molar-refractivity contribution >= 4 is 5.91 Å². The monoisotopic (exact) mass is 322 g/mol. The molecule has 6 nitrogen and oxygen atoms in total. The topological polar surface area (TPSA) is 80.0 Å². The van der Waals surface area contributed by atoms with E-state index in [1.807, 2.05) is 42.5 Å². The number of rotatable bonds is 6.